The van der Waals surface area contributed by atoms with E-state index in [1.54, 1.807) is 30.3 Å². The van der Waals surface area contributed by atoms with Gasteiger partial charge in [-0.2, -0.15) is 13.2 Å². The summed E-state index contributed by atoms with van der Waals surface area (Å²) in [6, 6.07) is 16.8. The van der Waals surface area contributed by atoms with E-state index in [1.165, 1.54) is 36.4 Å². The average molecular weight is 405 g/mol. The van der Waals surface area contributed by atoms with Crippen molar-refractivity contribution in [3.63, 3.8) is 0 Å². The van der Waals surface area contributed by atoms with Crippen molar-refractivity contribution < 1.29 is 27.2 Å². The van der Waals surface area contributed by atoms with Gasteiger partial charge in [0.2, 0.25) is 0 Å². The summed E-state index contributed by atoms with van der Waals surface area (Å²) in [5.41, 5.74) is -0.455. The van der Waals surface area contributed by atoms with E-state index in [-0.39, 0.29) is 11.3 Å². The summed E-state index contributed by atoms with van der Waals surface area (Å²) in [7, 11) is 0. The Balaban J connectivity index is 2.02. The molecule has 3 rings (SSSR count). The maximum Gasteiger partial charge on any atom is 0.455 e. The molecule has 0 saturated heterocycles. The summed E-state index contributed by atoms with van der Waals surface area (Å²) in [6.07, 6.45) is -4.39. The number of carbonyl (C=O) groups is 2. The lowest BCUT2D eigenvalue weighted by Gasteiger charge is -2.08. The first kappa shape index (κ1) is 19.6. The molecule has 0 unspecified atom stereocenters. The molecule has 0 aliphatic heterocycles. The van der Waals surface area contributed by atoms with Gasteiger partial charge < -0.3 is 4.42 Å². The van der Waals surface area contributed by atoms with E-state index in [0.29, 0.717) is 16.3 Å². The number of rotatable bonds is 5. The lowest BCUT2D eigenvalue weighted by Crippen LogP contribution is -2.28. The molecule has 0 saturated carbocycles. The third kappa shape index (κ3) is 4.40. The van der Waals surface area contributed by atoms with Crippen molar-refractivity contribution in [2.24, 2.45) is 0 Å². The summed E-state index contributed by atoms with van der Waals surface area (Å²) < 4.78 is 44.5. The maximum atomic E-state index is 13.0. The van der Waals surface area contributed by atoms with Gasteiger partial charge in [-0.3, -0.25) is 9.59 Å². The van der Waals surface area contributed by atoms with E-state index in [9.17, 15) is 22.8 Å². The largest absolute Gasteiger partial charge is 0.457 e. The predicted octanol–water partition coefficient (Wildman–Crippen LogP) is 6.00. The molecule has 1 aromatic heterocycles. The molecule has 3 aromatic rings. The number of alkyl halides is 3. The van der Waals surface area contributed by atoms with Crippen LogP contribution >= 0.6 is 11.6 Å². The maximum absolute atomic E-state index is 13.0. The van der Waals surface area contributed by atoms with Crippen LogP contribution in [0.4, 0.5) is 13.2 Å². The van der Waals surface area contributed by atoms with Crippen LogP contribution in [0.5, 0.6) is 0 Å². The number of furan rings is 1. The minimum Gasteiger partial charge on any atom is -0.457 e. The van der Waals surface area contributed by atoms with E-state index in [0.717, 1.165) is 6.08 Å². The zero-order valence-corrected chi connectivity index (χ0v) is 14.9. The molecule has 1 heterocycles. The Bertz CT molecular complexity index is 1050. The number of hydrogen-bond acceptors (Lipinski definition) is 3. The molecule has 7 heteroatoms. The van der Waals surface area contributed by atoms with Crippen LogP contribution in [-0.2, 0) is 4.79 Å². The summed E-state index contributed by atoms with van der Waals surface area (Å²) in [5, 5.41) is 0.457. The van der Waals surface area contributed by atoms with Crippen molar-refractivity contribution in [2.45, 2.75) is 6.18 Å². The fraction of sp³-hybridized carbons (Fsp3) is 0.0476. The standard InChI is InChI=1S/C21H12ClF3O3/c22-15-8-4-7-14(11-15)18-10-9-16(28-18)12-17(20(27)21(23,24)25)19(26)13-5-2-1-3-6-13/h1-12H. The fourth-order valence-corrected chi connectivity index (χ4v) is 2.69. The minimum absolute atomic E-state index is 0.0343. The highest BCUT2D eigenvalue weighted by Crippen LogP contribution is 2.28. The molecule has 2 aromatic carbocycles. The smallest absolute Gasteiger partial charge is 0.455 e. The third-order valence-corrected chi connectivity index (χ3v) is 4.04. The first-order chi connectivity index (χ1) is 13.3. The number of carbonyl (C=O) groups excluding carboxylic acids is 2. The quantitative estimate of drug-likeness (QED) is 0.227. The van der Waals surface area contributed by atoms with Gasteiger partial charge in [0.05, 0.1) is 5.57 Å². The van der Waals surface area contributed by atoms with Crippen LogP contribution in [0.15, 0.2) is 76.7 Å². The SMILES string of the molecule is O=C(C(=Cc1ccc(-c2cccc(Cl)c2)o1)C(=O)C(F)(F)F)c1ccccc1. The van der Waals surface area contributed by atoms with Gasteiger partial charge in [0.25, 0.3) is 5.78 Å². The Hall–Kier alpha value is -3.12. The van der Waals surface area contributed by atoms with E-state index < -0.39 is 23.3 Å². The van der Waals surface area contributed by atoms with Crippen molar-refractivity contribution in [1.82, 2.24) is 0 Å². The van der Waals surface area contributed by atoms with Gasteiger partial charge in [0.15, 0.2) is 5.78 Å². The summed E-state index contributed by atoms with van der Waals surface area (Å²) in [6.45, 7) is 0. The Morgan fingerprint density at radius 1 is 0.929 bits per heavy atom. The molecule has 0 amide bonds. The van der Waals surface area contributed by atoms with E-state index in [2.05, 4.69) is 0 Å². The van der Waals surface area contributed by atoms with Crippen LogP contribution in [0.1, 0.15) is 16.1 Å². The van der Waals surface area contributed by atoms with Gasteiger partial charge in [0, 0.05) is 16.1 Å². The summed E-state index contributed by atoms with van der Waals surface area (Å²) in [5.74, 6) is -3.00. The number of allylic oxidation sites excluding steroid dienone is 1. The molecular formula is C21H12ClF3O3. The first-order valence-electron chi connectivity index (χ1n) is 8.04. The second-order valence-electron chi connectivity index (χ2n) is 5.79. The Labute approximate surface area is 163 Å². The topological polar surface area (TPSA) is 47.3 Å². The normalized spacial score (nSPS) is 12.1. The first-order valence-corrected chi connectivity index (χ1v) is 8.42. The summed E-state index contributed by atoms with van der Waals surface area (Å²) in [4.78, 5) is 24.3. The molecule has 0 aliphatic rings. The molecule has 0 atom stereocenters. The van der Waals surface area contributed by atoms with E-state index in [4.69, 9.17) is 16.0 Å². The highest BCUT2D eigenvalue weighted by molar-refractivity contribution is 6.31. The molecule has 28 heavy (non-hydrogen) atoms. The van der Waals surface area contributed by atoms with Gasteiger partial charge >= 0.3 is 6.18 Å². The van der Waals surface area contributed by atoms with Crippen LogP contribution in [0, 0.1) is 0 Å². The molecular weight excluding hydrogens is 393 g/mol. The van der Waals surface area contributed by atoms with E-state index >= 15 is 0 Å². The lowest BCUT2D eigenvalue weighted by molar-refractivity contribution is -0.166. The van der Waals surface area contributed by atoms with Crippen molar-refractivity contribution in [3.8, 4) is 11.3 Å². The minimum atomic E-state index is -5.20. The molecule has 0 aliphatic carbocycles. The highest BCUT2D eigenvalue weighted by Gasteiger charge is 2.43. The van der Waals surface area contributed by atoms with Gasteiger partial charge in [-0.15, -0.1) is 0 Å². The average Bonchev–Trinajstić information content (AvgIpc) is 3.14. The van der Waals surface area contributed by atoms with Gasteiger partial charge in [-0.25, -0.2) is 0 Å². The monoisotopic (exact) mass is 404 g/mol. The third-order valence-electron chi connectivity index (χ3n) is 3.81. The van der Waals surface area contributed by atoms with Crippen LogP contribution in [0.25, 0.3) is 17.4 Å². The zero-order valence-electron chi connectivity index (χ0n) is 14.2. The number of ketones is 2. The Morgan fingerprint density at radius 3 is 2.29 bits per heavy atom. The summed E-state index contributed by atoms with van der Waals surface area (Å²) >= 11 is 5.92. The van der Waals surface area contributed by atoms with Crippen molar-refractivity contribution in [1.29, 1.82) is 0 Å². The number of benzene rings is 2. The van der Waals surface area contributed by atoms with Crippen LogP contribution in [0.2, 0.25) is 5.02 Å². The van der Waals surface area contributed by atoms with Crippen molar-refractivity contribution >= 4 is 29.2 Å². The predicted molar refractivity (Wildman–Crippen MR) is 99.0 cm³/mol. The van der Waals surface area contributed by atoms with Gasteiger partial charge in [-0.1, -0.05) is 54.1 Å². The second kappa shape index (κ2) is 7.86. The molecule has 0 fully saturated rings. The number of halogens is 4. The van der Waals surface area contributed by atoms with Crippen LogP contribution in [0.3, 0.4) is 0 Å². The van der Waals surface area contributed by atoms with Crippen molar-refractivity contribution in [3.05, 3.63) is 88.6 Å². The molecule has 0 N–H and O–H groups in total. The molecule has 0 bridgehead atoms. The van der Waals surface area contributed by atoms with Gasteiger partial charge in [0.1, 0.15) is 11.5 Å². The number of hydrogen-bond donors (Lipinski definition) is 0. The highest BCUT2D eigenvalue weighted by atomic mass is 35.5. The van der Waals surface area contributed by atoms with Crippen molar-refractivity contribution in [2.75, 3.05) is 0 Å². The van der Waals surface area contributed by atoms with Crippen LogP contribution < -0.4 is 0 Å². The van der Waals surface area contributed by atoms with Crippen LogP contribution in [-0.4, -0.2) is 17.7 Å². The fourth-order valence-electron chi connectivity index (χ4n) is 2.50. The lowest BCUT2D eigenvalue weighted by atomic mass is 9.99. The van der Waals surface area contributed by atoms with Gasteiger partial charge in [-0.05, 0) is 30.3 Å². The second-order valence-corrected chi connectivity index (χ2v) is 6.23. The molecule has 3 nitrogen and oxygen atoms in total. The zero-order chi connectivity index (χ0) is 20.3. The number of Topliss-reactive ketones (excluding diaryl/α,β-unsaturated/α-hetero) is 2. The Morgan fingerprint density at radius 2 is 1.64 bits per heavy atom. The Kier molecular flexibility index (Phi) is 5.51. The molecule has 0 spiro atoms. The molecule has 0 radical (unpaired) electrons. The van der Waals surface area contributed by atoms with E-state index in [1.807, 2.05) is 0 Å². The molecule has 142 valence electrons.